The Balaban J connectivity index is 1.80. The van der Waals surface area contributed by atoms with E-state index < -0.39 is 10.0 Å². The zero-order valence-electron chi connectivity index (χ0n) is 9.57. The van der Waals surface area contributed by atoms with Gasteiger partial charge in [-0.1, -0.05) is 0 Å². The summed E-state index contributed by atoms with van der Waals surface area (Å²) in [7, 11) is -3.41. The number of H-pyrrole nitrogens is 2. The number of hydrogen-bond donors (Lipinski definition) is 2. The monoisotopic (exact) mass is 267 g/mol. The van der Waals surface area contributed by atoms with Crippen LogP contribution in [0.25, 0.3) is 0 Å². The molecule has 8 heteroatoms. The molecule has 0 radical (unpaired) electrons. The molecule has 18 heavy (non-hydrogen) atoms. The summed E-state index contributed by atoms with van der Waals surface area (Å²) in [5.74, 6) is 0.189. The Morgan fingerprint density at radius 2 is 2.28 bits per heavy atom. The highest BCUT2D eigenvalue weighted by Crippen LogP contribution is 2.29. The van der Waals surface area contributed by atoms with Crippen LogP contribution in [0.15, 0.2) is 29.6 Å². The average molecular weight is 267 g/mol. The van der Waals surface area contributed by atoms with Crippen LogP contribution in [-0.2, 0) is 10.0 Å². The fraction of sp³-hybridized carbons (Fsp3) is 0.400. The average Bonchev–Trinajstić information content (AvgIpc) is 3.12. The lowest BCUT2D eigenvalue weighted by atomic mass is 10.1. The van der Waals surface area contributed by atoms with Crippen molar-refractivity contribution in [3.63, 3.8) is 0 Å². The third-order valence-corrected chi connectivity index (χ3v) is 5.05. The summed E-state index contributed by atoms with van der Waals surface area (Å²) >= 11 is 0. The van der Waals surface area contributed by atoms with Crippen molar-refractivity contribution in [1.29, 1.82) is 0 Å². The van der Waals surface area contributed by atoms with E-state index in [4.69, 9.17) is 0 Å². The fourth-order valence-electron chi connectivity index (χ4n) is 2.22. The molecule has 1 atom stereocenters. The molecule has 1 aliphatic rings. The number of rotatable bonds is 3. The molecule has 0 bridgehead atoms. The minimum atomic E-state index is -3.41. The van der Waals surface area contributed by atoms with E-state index in [9.17, 15) is 8.42 Å². The lowest BCUT2D eigenvalue weighted by molar-refractivity contribution is 0.472. The first-order valence-corrected chi connectivity index (χ1v) is 7.10. The lowest BCUT2D eigenvalue weighted by Crippen LogP contribution is -2.28. The summed E-state index contributed by atoms with van der Waals surface area (Å²) in [5.41, 5.74) is 0.986. The van der Waals surface area contributed by atoms with Gasteiger partial charge in [0.25, 0.3) is 0 Å². The highest BCUT2D eigenvalue weighted by atomic mass is 32.2. The van der Waals surface area contributed by atoms with Crippen molar-refractivity contribution < 1.29 is 8.42 Å². The summed E-state index contributed by atoms with van der Waals surface area (Å²) in [6, 6.07) is 1.89. The summed E-state index contributed by atoms with van der Waals surface area (Å²) in [5, 5.41) is 13.0. The molecule has 1 unspecified atom stereocenters. The van der Waals surface area contributed by atoms with E-state index in [1.54, 1.807) is 6.20 Å². The van der Waals surface area contributed by atoms with Crippen molar-refractivity contribution in [3.8, 4) is 0 Å². The minimum absolute atomic E-state index is 0.189. The van der Waals surface area contributed by atoms with E-state index in [1.807, 2.05) is 6.07 Å². The first-order chi connectivity index (χ1) is 8.68. The Bertz CT molecular complexity index is 605. The summed E-state index contributed by atoms with van der Waals surface area (Å²) in [6.45, 7) is 1.01. The Hall–Kier alpha value is -1.67. The topological polar surface area (TPSA) is 94.7 Å². The third kappa shape index (κ3) is 1.83. The molecular weight excluding hydrogens is 254 g/mol. The summed E-state index contributed by atoms with van der Waals surface area (Å²) < 4.78 is 26.0. The maximum Gasteiger partial charge on any atom is 0.246 e. The Kier molecular flexibility index (Phi) is 2.67. The molecule has 0 aromatic carbocycles. The van der Waals surface area contributed by atoms with Gasteiger partial charge in [0.15, 0.2) is 0 Å². The number of aromatic nitrogens is 4. The molecule has 0 aliphatic carbocycles. The molecular formula is C10H13N5O2S. The molecule has 96 valence electrons. The molecule has 2 aromatic heterocycles. The lowest BCUT2D eigenvalue weighted by Gasteiger charge is -2.14. The van der Waals surface area contributed by atoms with Crippen LogP contribution in [0.5, 0.6) is 0 Å². The SMILES string of the molecule is O=S(=O)(c1cn[nH]c1)N1CCC(c2ccn[nH]2)C1. The van der Waals surface area contributed by atoms with Gasteiger partial charge in [0, 0.05) is 37.1 Å². The van der Waals surface area contributed by atoms with Crippen LogP contribution in [0.4, 0.5) is 0 Å². The molecule has 3 rings (SSSR count). The number of nitrogens with zero attached hydrogens (tertiary/aromatic N) is 3. The highest BCUT2D eigenvalue weighted by molar-refractivity contribution is 7.89. The summed E-state index contributed by atoms with van der Waals surface area (Å²) in [4.78, 5) is 0.216. The molecule has 2 N–H and O–H groups in total. The van der Waals surface area contributed by atoms with Gasteiger partial charge in [0.2, 0.25) is 10.0 Å². The van der Waals surface area contributed by atoms with Crippen LogP contribution in [0.2, 0.25) is 0 Å². The van der Waals surface area contributed by atoms with Crippen molar-refractivity contribution in [3.05, 3.63) is 30.4 Å². The van der Waals surface area contributed by atoms with Crippen molar-refractivity contribution in [2.45, 2.75) is 17.2 Å². The van der Waals surface area contributed by atoms with Crippen molar-refractivity contribution >= 4 is 10.0 Å². The van der Waals surface area contributed by atoms with Gasteiger partial charge in [-0.3, -0.25) is 10.2 Å². The first kappa shape index (κ1) is 11.4. The normalized spacial score (nSPS) is 21.4. The molecule has 7 nitrogen and oxygen atoms in total. The Morgan fingerprint density at radius 3 is 2.94 bits per heavy atom. The van der Waals surface area contributed by atoms with E-state index in [1.165, 1.54) is 16.7 Å². The van der Waals surface area contributed by atoms with Gasteiger partial charge in [0.05, 0.1) is 6.20 Å². The van der Waals surface area contributed by atoms with Gasteiger partial charge in [-0.15, -0.1) is 0 Å². The second-order valence-electron chi connectivity index (χ2n) is 4.29. The van der Waals surface area contributed by atoms with Crippen LogP contribution in [0, 0.1) is 0 Å². The highest BCUT2D eigenvalue weighted by Gasteiger charge is 2.34. The van der Waals surface area contributed by atoms with Crippen LogP contribution in [0.3, 0.4) is 0 Å². The van der Waals surface area contributed by atoms with E-state index in [0.717, 1.165) is 12.1 Å². The van der Waals surface area contributed by atoms with Crippen LogP contribution in [0.1, 0.15) is 18.0 Å². The summed E-state index contributed by atoms with van der Waals surface area (Å²) in [6.07, 6.45) is 5.22. The number of nitrogens with one attached hydrogen (secondary N) is 2. The molecule has 1 saturated heterocycles. The van der Waals surface area contributed by atoms with E-state index in [0.29, 0.717) is 13.1 Å². The predicted octanol–water partition coefficient (Wildman–Crippen LogP) is 0.311. The standard InChI is InChI=1S/C10H13N5O2S/c16-18(17,9-5-12-13-6-9)15-4-2-8(7-15)10-1-3-11-14-10/h1,3,5-6,8H,2,4,7H2,(H,11,14)(H,12,13). The molecule has 3 heterocycles. The largest absolute Gasteiger partial charge is 0.284 e. The van der Waals surface area contributed by atoms with Crippen molar-refractivity contribution in [2.24, 2.45) is 0 Å². The van der Waals surface area contributed by atoms with Gasteiger partial charge < -0.3 is 0 Å². The van der Waals surface area contributed by atoms with Gasteiger partial charge in [-0.25, -0.2) is 8.42 Å². The molecule has 2 aromatic rings. The smallest absolute Gasteiger partial charge is 0.246 e. The Labute approximate surface area is 104 Å². The first-order valence-electron chi connectivity index (χ1n) is 5.66. The third-order valence-electron chi connectivity index (χ3n) is 3.22. The minimum Gasteiger partial charge on any atom is -0.284 e. The molecule has 0 spiro atoms. The molecule has 0 amide bonds. The maximum atomic E-state index is 12.3. The van der Waals surface area contributed by atoms with Gasteiger partial charge >= 0.3 is 0 Å². The Morgan fingerprint density at radius 1 is 1.39 bits per heavy atom. The quantitative estimate of drug-likeness (QED) is 0.836. The molecule has 1 aliphatic heterocycles. The van der Waals surface area contributed by atoms with Gasteiger partial charge in [-0.05, 0) is 12.5 Å². The second kappa shape index (κ2) is 4.21. The van der Waals surface area contributed by atoms with Gasteiger partial charge in [-0.2, -0.15) is 14.5 Å². The van der Waals surface area contributed by atoms with Crippen LogP contribution < -0.4 is 0 Å². The van der Waals surface area contributed by atoms with Crippen LogP contribution >= 0.6 is 0 Å². The fourth-order valence-corrected chi connectivity index (χ4v) is 3.63. The van der Waals surface area contributed by atoms with Crippen LogP contribution in [-0.4, -0.2) is 46.2 Å². The van der Waals surface area contributed by atoms with Gasteiger partial charge in [0.1, 0.15) is 4.90 Å². The predicted molar refractivity (Wildman–Crippen MR) is 63.3 cm³/mol. The maximum absolute atomic E-state index is 12.3. The van der Waals surface area contributed by atoms with E-state index in [-0.39, 0.29) is 10.8 Å². The number of aromatic amines is 2. The zero-order valence-corrected chi connectivity index (χ0v) is 10.4. The molecule has 0 saturated carbocycles. The van der Waals surface area contributed by atoms with Crippen molar-refractivity contribution in [2.75, 3.05) is 13.1 Å². The second-order valence-corrected chi connectivity index (χ2v) is 6.23. The zero-order chi connectivity index (χ0) is 12.6. The molecule has 1 fully saturated rings. The van der Waals surface area contributed by atoms with E-state index >= 15 is 0 Å². The number of sulfonamides is 1. The van der Waals surface area contributed by atoms with E-state index in [2.05, 4.69) is 20.4 Å². The van der Waals surface area contributed by atoms with Crippen molar-refractivity contribution in [1.82, 2.24) is 24.7 Å². The number of hydrogen-bond acceptors (Lipinski definition) is 4.